The highest BCUT2D eigenvalue weighted by molar-refractivity contribution is 8.00. The second-order valence-electron chi connectivity index (χ2n) is 5.04. The van der Waals surface area contributed by atoms with Crippen LogP contribution in [0.5, 0.6) is 0 Å². The summed E-state index contributed by atoms with van der Waals surface area (Å²) < 4.78 is 26.4. The van der Waals surface area contributed by atoms with Crippen LogP contribution in [0.3, 0.4) is 0 Å². The number of sulfonamides is 1. The fourth-order valence-electron chi connectivity index (χ4n) is 2.12. The van der Waals surface area contributed by atoms with Crippen molar-refractivity contribution in [3.05, 3.63) is 24.3 Å². The summed E-state index contributed by atoms with van der Waals surface area (Å²) in [6.07, 6.45) is 2.89. The third kappa shape index (κ3) is 4.14. The van der Waals surface area contributed by atoms with Gasteiger partial charge in [-0.05, 0) is 31.4 Å². The molecule has 0 unspecified atom stereocenters. The summed E-state index contributed by atoms with van der Waals surface area (Å²) in [4.78, 5) is 0.955. The number of para-hydroxylation sites is 1. The fourth-order valence-corrected chi connectivity index (χ4v) is 5.28. The molecule has 1 aliphatic carbocycles. The molecule has 0 aliphatic heterocycles. The van der Waals surface area contributed by atoms with Crippen molar-refractivity contribution in [1.29, 1.82) is 0 Å². The Bertz CT molecular complexity index is 542. The average Bonchev–Trinajstić information content (AvgIpc) is 3.22. The molecule has 1 fully saturated rings. The zero-order valence-corrected chi connectivity index (χ0v) is 13.4. The number of hydrogen-bond acceptors (Lipinski definition) is 4. The van der Waals surface area contributed by atoms with E-state index in [4.69, 9.17) is 5.73 Å². The van der Waals surface area contributed by atoms with E-state index in [0.29, 0.717) is 18.0 Å². The molecule has 1 aromatic rings. The largest absolute Gasteiger partial charge is 0.398 e. The molecule has 20 heavy (non-hydrogen) atoms. The number of nitrogens with zero attached hydrogens (tertiary/aromatic N) is 1. The van der Waals surface area contributed by atoms with E-state index in [1.54, 1.807) is 4.31 Å². The molecule has 0 saturated heterocycles. The summed E-state index contributed by atoms with van der Waals surface area (Å²) in [6, 6.07) is 7.82. The topological polar surface area (TPSA) is 63.4 Å². The molecular formula is C14H22N2O2S2. The maximum atomic E-state index is 12.4. The summed E-state index contributed by atoms with van der Waals surface area (Å²) in [6.45, 7) is 2.66. The normalized spacial score (nSPS) is 15.7. The Hall–Kier alpha value is -0.720. The van der Waals surface area contributed by atoms with E-state index in [1.807, 2.05) is 31.2 Å². The molecule has 1 aromatic carbocycles. The van der Waals surface area contributed by atoms with Gasteiger partial charge in [0.05, 0.1) is 5.75 Å². The molecule has 4 nitrogen and oxygen atoms in total. The van der Waals surface area contributed by atoms with E-state index in [9.17, 15) is 8.42 Å². The predicted molar refractivity (Wildman–Crippen MR) is 85.4 cm³/mol. The average molecular weight is 314 g/mol. The Morgan fingerprint density at radius 2 is 2.05 bits per heavy atom. The third-order valence-corrected chi connectivity index (χ3v) is 6.54. The van der Waals surface area contributed by atoms with Crippen LogP contribution < -0.4 is 5.73 Å². The lowest BCUT2D eigenvalue weighted by Crippen LogP contribution is -2.36. The maximum Gasteiger partial charge on any atom is 0.215 e. The van der Waals surface area contributed by atoms with Crippen LogP contribution in [-0.4, -0.2) is 36.8 Å². The van der Waals surface area contributed by atoms with Gasteiger partial charge in [-0.2, -0.15) is 4.31 Å². The van der Waals surface area contributed by atoms with Crippen LogP contribution in [0.1, 0.15) is 26.2 Å². The van der Waals surface area contributed by atoms with Crippen LogP contribution in [0.2, 0.25) is 0 Å². The second kappa shape index (κ2) is 6.83. The van der Waals surface area contributed by atoms with Crippen molar-refractivity contribution in [2.75, 3.05) is 23.8 Å². The highest BCUT2D eigenvalue weighted by atomic mass is 32.2. The predicted octanol–water partition coefficient (Wildman–Crippen LogP) is 2.57. The summed E-state index contributed by atoms with van der Waals surface area (Å²) in [5.74, 6) is 0.728. The lowest BCUT2D eigenvalue weighted by atomic mass is 10.3. The van der Waals surface area contributed by atoms with Gasteiger partial charge in [-0.15, -0.1) is 11.8 Å². The lowest BCUT2D eigenvalue weighted by Gasteiger charge is -2.21. The first kappa shape index (κ1) is 15.7. The van der Waals surface area contributed by atoms with Gasteiger partial charge in [0.2, 0.25) is 10.0 Å². The number of nitrogen functional groups attached to an aromatic ring is 1. The van der Waals surface area contributed by atoms with Gasteiger partial charge < -0.3 is 5.73 Å². The molecule has 0 aromatic heterocycles. The van der Waals surface area contributed by atoms with Crippen molar-refractivity contribution in [3.8, 4) is 0 Å². The summed E-state index contributed by atoms with van der Waals surface area (Å²) >= 11 is 1.51. The number of nitrogens with two attached hydrogens (primary N) is 1. The first-order valence-electron chi connectivity index (χ1n) is 7.01. The minimum atomic E-state index is -3.13. The Morgan fingerprint density at radius 1 is 1.35 bits per heavy atom. The summed E-state index contributed by atoms with van der Waals surface area (Å²) in [5.41, 5.74) is 6.57. The van der Waals surface area contributed by atoms with E-state index in [1.165, 1.54) is 11.8 Å². The minimum Gasteiger partial charge on any atom is -0.398 e. The molecule has 0 amide bonds. The Kier molecular flexibility index (Phi) is 5.35. The number of rotatable bonds is 8. The van der Waals surface area contributed by atoms with Crippen molar-refractivity contribution < 1.29 is 8.42 Å². The van der Waals surface area contributed by atoms with Crippen LogP contribution in [0.4, 0.5) is 5.69 Å². The standard InChI is InChI=1S/C14H22N2O2S2/c1-2-9-16(12-7-8-12)20(17,18)11-10-19-14-6-4-3-5-13(14)15/h3-6,12H,2,7-11,15H2,1H3. The zero-order valence-electron chi connectivity index (χ0n) is 11.8. The molecule has 6 heteroatoms. The molecule has 1 saturated carbocycles. The van der Waals surface area contributed by atoms with Gasteiger partial charge in [-0.1, -0.05) is 19.1 Å². The lowest BCUT2D eigenvalue weighted by molar-refractivity contribution is 0.404. The van der Waals surface area contributed by atoms with E-state index in [-0.39, 0.29) is 11.8 Å². The van der Waals surface area contributed by atoms with Gasteiger partial charge in [-0.25, -0.2) is 8.42 Å². The highest BCUT2D eigenvalue weighted by Crippen LogP contribution is 2.30. The quantitative estimate of drug-likeness (QED) is 0.592. The van der Waals surface area contributed by atoms with Gasteiger partial charge in [0.15, 0.2) is 0 Å². The van der Waals surface area contributed by atoms with Gasteiger partial charge >= 0.3 is 0 Å². The zero-order chi connectivity index (χ0) is 14.6. The Balaban J connectivity index is 1.90. The molecule has 2 rings (SSSR count). The molecule has 1 aliphatic rings. The molecule has 112 valence electrons. The van der Waals surface area contributed by atoms with Crippen LogP contribution in [0.25, 0.3) is 0 Å². The van der Waals surface area contributed by atoms with Crippen LogP contribution in [0.15, 0.2) is 29.2 Å². The number of hydrogen-bond donors (Lipinski definition) is 1. The van der Waals surface area contributed by atoms with E-state index < -0.39 is 10.0 Å². The SMILES string of the molecule is CCCN(C1CC1)S(=O)(=O)CCSc1ccccc1N. The van der Waals surface area contributed by atoms with Gasteiger partial charge in [0, 0.05) is 28.9 Å². The first-order chi connectivity index (χ1) is 9.54. The van der Waals surface area contributed by atoms with Gasteiger partial charge in [0.1, 0.15) is 0 Å². The maximum absolute atomic E-state index is 12.4. The smallest absolute Gasteiger partial charge is 0.215 e. The number of thioether (sulfide) groups is 1. The number of benzene rings is 1. The van der Waals surface area contributed by atoms with Crippen LogP contribution in [0, 0.1) is 0 Å². The van der Waals surface area contributed by atoms with E-state index in [2.05, 4.69) is 0 Å². The molecule has 0 bridgehead atoms. The molecule has 0 radical (unpaired) electrons. The third-order valence-electron chi connectivity index (χ3n) is 3.27. The van der Waals surface area contributed by atoms with Gasteiger partial charge in [0.25, 0.3) is 0 Å². The summed E-state index contributed by atoms with van der Waals surface area (Å²) in [7, 11) is -3.13. The van der Waals surface area contributed by atoms with E-state index >= 15 is 0 Å². The number of anilines is 1. The van der Waals surface area contributed by atoms with Crippen LogP contribution in [-0.2, 0) is 10.0 Å². The Labute approximate surface area is 125 Å². The van der Waals surface area contributed by atoms with Crippen molar-refractivity contribution in [1.82, 2.24) is 4.31 Å². The first-order valence-corrected chi connectivity index (χ1v) is 9.61. The van der Waals surface area contributed by atoms with Crippen molar-refractivity contribution >= 4 is 27.5 Å². The monoisotopic (exact) mass is 314 g/mol. The molecule has 2 N–H and O–H groups in total. The van der Waals surface area contributed by atoms with Crippen molar-refractivity contribution in [2.45, 2.75) is 37.1 Å². The molecule has 0 atom stereocenters. The van der Waals surface area contributed by atoms with Gasteiger partial charge in [-0.3, -0.25) is 0 Å². The Morgan fingerprint density at radius 3 is 2.65 bits per heavy atom. The van der Waals surface area contributed by atoms with Crippen molar-refractivity contribution in [2.24, 2.45) is 0 Å². The molecule has 0 spiro atoms. The van der Waals surface area contributed by atoms with Crippen LogP contribution >= 0.6 is 11.8 Å². The summed E-state index contributed by atoms with van der Waals surface area (Å²) in [5, 5.41) is 0. The highest BCUT2D eigenvalue weighted by Gasteiger charge is 2.36. The minimum absolute atomic E-state index is 0.183. The van der Waals surface area contributed by atoms with E-state index in [0.717, 1.165) is 24.2 Å². The molecule has 0 heterocycles. The fraction of sp³-hybridized carbons (Fsp3) is 0.571. The second-order valence-corrected chi connectivity index (χ2v) is 8.22. The molecular weight excluding hydrogens is 292 g/mol. The van der Waals surface area contributed by atoms with Crippen molar-refractivity contribution in [3.63, 3.8) is 0 Å².